The highest BCUT2D eigenvalue weighted by Gasteiger charge is 1.95. The molecular formula is C12H20N2O. The lowest BCUT2D eigenvalue weighted by atomic mass is 10.2. The Morgan fingerprint density at radius 2 is 2.20 bits per heavy atom. The number of pyridine rings is 1. The average Bonchev–Trinajstić information content (AvgIpc) is 2.25. The monoisotopic (exact) mass is 208 g/mol. The van der Waals surface area contributed by atoms with Gasteiger partial charge in [0.25, 0.3) is 0 Å². The third kappa shape index (κ3) is 4.79. The molecule has 84 valence electrons. The van der Waals surface area contributed by atoms with Gasteiger partial charge in [-0.3, -0.25) is 4.98 Å². The van der Waals surface area contributed by atoms with E-state index in [0.717, 1.165) is 19.6 Å². The Kier molecular flexibility index (Phi) is 5.78. The molecular weight excluding hydrogens is 188 g/mol. The normalized spacial score (nSPS) is 10.3. The van der Waals surface area contributed by atoms with E-state index in [0.29, 0.717) is 0 Å². The van der Waals surface area contributed by atoms with Crippen LogP contribution in [0.5, 0.6) is 0 Å². The topological polar surface area (TPSA) is 34.1 Å². The van der Waals surface area contributed by atoms with Crippen molar-refractivity contribution in [1.29, 1.82) is 0 Å². The van der Waals surface area contributed by atoms with E-state index in [4.69, 9.17) is 4.74 Å². The number of unbranched alkanes of at least 4 members (excludes halogenated alkanes) is 2. The van der Waals surface area contributed by atoms with Gasteiger partial charge in [-0.15, -0.1) is 0 Å². The summed E-state index contributed by atoms with van der Waals surface area (Å²) in [7, 11) is 1.75. The second-order valence-corrected chi connectivity index (χ2v) is 3.67. The summed E-state index contributed by atoms with van der Waals surface area (Å²) in [5, 5.41) is 3.41. The van der Waals surface area contributed by atoms with Crippen LogP contribution in [-0.2, 0) is 4.74 Å². The van der Waals surface area contributed by atoms with E-state index in [9.17, 15) is 0 Å². The first-order chi connectivity index (χ1) is 7.34. The molecule has 0 amide bonds. The summed E-state index contributed by atoms with van der Waals surface area (Å²) in [6, 6.07) is 2.02. The summed E-state index contributed by atoms with van der Waals surface area (Å²) < 4.78 is 5.00. The lowest BCUT2D eigenvalue weighted by Crippen LogP contribution is -2.03. The largest absolute Gasteiger partial charge is 0.385 e. The minimum absolute atomic E-state index is 0.869. The second-order valence-electron chi connectivity index (χ2n) is 3.67. The van der Waals surface area contributed by atoms with Crippen LogP contribution in [0.2, 0.25) is 0 Å². The predicted octanol–water partition coefficient (Wildman–Crippen LogP) is 2.62. The van der Waals surface area contributed by atoms with Crippen LogP contribution in [0.3, 0.4) is 0 Å². The highest BCUT2D eigenvalue weighted by atomic mass is 16.5. The number of methoxy groups -OCH3 is 1. The highest BCUT2D eigenvalue weighted by Crippen LogP contribution is 2.11. The zero-order chi connectivity index (χ0) is 10.9. The molecule has 0 unspecified atom stereocenters. The van der Waals surface area contributed by atoms with Gasteiger partial charge in [0, 0.05) is 38.3 Å². The molecule has 0 saturated carbocycles. The summed E-state index contributed by atoms with van der Waals surface area (Å²) in [6.07, 6.45) is 7.25. The van der Waals surface area contributed by atoms with Gasteiger partial charge >= 0.3 is 0 Å². The Bertz CT molecular complexity index is 276. The molecule has 3 nitrogen and oxygen atoms in total. The molecule has 1 rings (SSSR count). The lowest BCUT2D eigenvalue weighted by Gasteiger charge is -2.08. The quantitative estimate of drug-likeness (QED) is 0.699. The van der Waals surface area contributed by atoms with E-state index >= 15 is 0 Å². The fraction of sp³-hybridized carbons (Fsp3) is 0.583. The van der Waals surface area contributed by atoms with Gasteiger partial charge in [-0.2, -0.15) is 0 Å². The zero-order valence-electron chi connectivity index (χ0n) is 9.62. The molecule has 0 spiro atoms. The van der Waals surface area contributed by atoms with Crippen molar-refractivity contribution in [1.82, 2.24) is 4.98 Å². The number of ether oxygens (including phenoxy) is 1. The Hall–Kier alpha value is -1.09. The first kappa shape index (κ1) is 12.0. The van der Waals surface area contributed by atoms with Crippen molar-refractivity contribution >= 4 is 5.69 Å². The van der Waals surface area contributed by atoms with Gasteiger partial charge in [0.05, 0.1) is 0 Å². The molecule has 0 radical (unpaired) electrons. The average molecular weight is 208 g/mol. The lowest BCUT2D eigenvalue weighted by molar-refractivity contribution is 0.192. The minimum Gasteiger partial charge on any atom is -0.385 e. The third-order valence-corrected chi connectivity index (χ3v) is 2.36. The number of anilines is 1. The van der Waals surface area contributed by atoms with Crippen LogP contribution in [0.1, 0.15) is 24.8 Å². The fourth-order valence-electron chi connectivity index (χ4n) is 1.44. The SMILES string of the molecule is COCCCCCNc1ccncc1C. The van der Waals surface area contributed by atoms with Gasteiger partial charge in [0.2, 0.25) is 0 Å². The van der Waals surface area contributed by atoms with Crippen LogP contribution in [0.15, 0.2) is 18.5 Å². The molecule has 0 fully saturated rings. The highest BCUT2D eigenvalue weighted by molar-refractivity contribution is 5.48. The number of nitrogens with one attached hydrogen (secondary N) is 1. The summed E-state index contributed by atoms with van der Waals surface area (Å²) >= 11 is 0. The molecule has 0 aliphatic carbocycles. The van der Waals surface area contributed by atoms with Crippen LogP contribution in [0.25, 0.3) is 0 Å². The van der Waals surface area contributed by atoms with Crippen LogP contribution in [0, 0.1) is 6.92 Å². The van der Waals surface area contributed by atoms with Gasteiger partial charge in [-0.1, -0.05) is 0 Å². The number of aryl methyl sites for hydroxylation is 1. The van der Waals surface area contributed by atoms with Crippen LogP contribution >= 0.6 is 0 Å². The Morgan fingerprint density at radius 3 is 2.93 bits per heavy atom. The Morgan fingerprint density at radius 1 is 1.33 bits per heavy atom. The van der Waals surface area contributed by atoms with Crippen molar-refractivity contribution in [2.45, 2.75) is 26.2 Å². The van der Waals surface area contributed by atoms with Crippen molar-refractivity contribution in [2.75, 3.05) is 25.6 Å². The first-order valence-electron chi connectivity index (χ1n) is 5.48. The van der Waals surface area contributed by atoms with Gasteiger partial charge in [-0.05, 0) is 37.8 Å². The van der Waals surface area contributed by atoms with Crippen LogP contribution in [-0.4, -0.2) is 25.2 Å². The van der Waals surface area contributed by atoms with E-state index in [1.165, 1.54) is 24.1 Å². The fourth-order valence-corrected chi connectivity index (χ4v) is 1.44. The van der Waals surface area contributed by atoms with Crippen molar-refractivity contribution in [3.8, 4) is 0 Å². The number of hydrogen-bond acceptors (Lipinski definition) is 3. The van der Waals surface area contributed by atoms with Gasteiger partial charge in [0.1, 0.15) is 0 Å². The smallest absolute Gasteiger partial charge is 0.0462 e. The molecule has 3 heteroatoms. The molecule has 0 atom stereocenters. The van der Waals surface area contributed by atoms with Gasteiger partial charge in [0.15, 0.2) is 0 Å². The van der Waals surface area contributed by atoms with Gasteiger partial charge < -0.3 is 10.1 Å². The summed E-state index contributed by atoms with van der Waals surface area (Å²) in [5.41, 5.74) is 2.39. The number of aromatic nitrogens is 1. The number of hydrogen-bond donors (Lipinski definition) is 1. The van der Waals surface area contributed by atoms with Crippen molar-refractivity contribution in [2.24, 2.45) is 0 Å². The van der Waals surface area contributed by atoms with E-state index in [-0.39, 0.29) is 0 Å². The first-order valence-corrected chi connectivity index (χ1v) is 5.48. The van der Waals surface area contributed by atoms with Crippen LogP contribution in [0.4, 0.5) is 5.69 Å². The van der Waals surface area contributed by atoms with E-state index in [2.05, 4.69) is 17.2 Å². The zero-order valence-corrected chi connectivity index (χ0v) is 9.62. The van der Waals surface area contributed by atoms with E-state index < -0.39 is 0 Å². The number of rotatable bonds is 7. The Balaban J connectivity index is 2.12. The molecule has 0 saturated heterocycles. The maximum absolute atomic E-state index is 5.00. The third-order valence-electron chi connectivity index (χ3n) is 2.36. The molecule has 1 heterocycles. The summed E-state index contributed by atoms with van der Waals surface area (Å²) in [4.78, 5) is 4.06. The van der Waals surface area contributed by atoms with Crippen molar-refractivity contribution in [3.63, 3.8) is 0 Å². The molecule has 0 bridgehead atoms. The minimum atomic E-state index is 0.869. The molecule has 1 N–H and O–H groups in total. The molecule has 0 aliphatic rings. The summed E-state index contributed by atoms with van der Waals surface area (Å²) in [6.45, 7) is 3.96. The molecule has 0 aromatic carbocycles. The van der Waals surface area contributed by atoms with Crippen LogP contribution < -0.4 is 5.32 Å². The summed E-state index contributed by atoms with van der Waals surface area (Å²) in [5.74, 6) is 0. The van der Waals surface area contributed by atoms with E-state index in [1.54, 1.807) is 7.11 Å². The number of nitrogens with zero attached hydrogens (tertiary/aromatic N) is 1. The van der Waals surface area contributed by atoms with Crippen molar-refractivity contribution in [3.05, 3.63) is 24.0 Å². The molecule has 15 heavy (non-hydrogen) atoms. The predicted molar refractivity (Wildman–Crippen MR) is 63.2 cm³/mol. The standard InChI is InChI=1S/C12H20N2O/c1-11-10-13-8-6-12(11)14-7-4-3-5-9-15-2/h6,8,10H,3-5,7,9H2,1-2H3,(H,13,14). The van der Waals surface area contributed by atoms with E-state index in [1.807, 2.05) is 18.5 Å². The Labute approximate surface area is 91.9 Å². The van der Waals surface area contributed by atoms with Gasteiger partial charge in [-0.25, -0.2) is 0 Å². The molecule has 0 aliphatic heterocycles. The van der Waals surface area contributed by atoms with Crippen molar-refractivity contribution < 1.29 is 4.74 Å². The second kappa shape index (κ2) is 7.23. The molecule has 1 aromatic rings. The maximum Gasteiger partial charge on any atom is 0.0462 e. The molecule has 1 aromatic heterocycles. The maximum atomic E-state index is 5.00.